The first-order valence-corrected chi connectivity index (χ1v) is 6.75. The van der Waals surface area contributed by atoms with Gasteiger partial charge in [-0.2, -0.15) is 0 Å². The summed E-state index contributed by atoms with van der Waals surface area (Å²) in [6.45, 7) is 0.779. The van der Waals surface area contributed by atoms with Gasteiger partial charge in [0.05, 0.1) is 31.2 Å². The van der Waals surface area contributed by atoms with E-state index >= 15 is 0 Å². The van der Waals surface area contributed by atoms with Crippen molar-refractivity contribution in [2.75, 3.05) is 7.11 Å². The number of nitrogens with zero attached hydrogens (tertiary/aromatic N) is 5. The van der Waals surface area contributed by atoms with Crippen molar-refractivity contribution >= 4 is 16.9 Å². The average Bonchev–Trinajstić information content (AvgIpc) is 3.18. The highest BCUT2D eigenvalue weighted by molar-refractivity contribution is 5.77. The Balaban J connectivity index is 1.55. The molecular weight excluding hydrogens is 286 g/mol. The van der Waals surface area contributed by atoms with Gasteiger partial charge in [-0.05, 0) is 22.6 Å². The van der Waals surface area contributed by atoms with Crippen LogP contribution in [-0.4, -0.2) is 43.2 Å². The Kier molecular flexibility index (Phi) is 3.95. The van der Waals surface area contributed by atoms with E-state index in [4.69, 9.17) is 4.74 Å². The molecule has 0 fully saturated rings. The summed E-state index contributed by atoms with van der Waals surface area (Å²) in [5.74, 6) is 1.36. The Morgan fingerprint density at radius 3 is 3.14 bits per heavy atom. The van der Waals surface area contributed by atoms with Gasteiger partial charge in [-0.3, -0.25) is 4.79 Å². The van der Waals surface area contributed by atoms with E-state index in [0.29, 0.717) is 25.3 Å². The molecule has 0 radical (unpaired) electrons. The molecule has 114 valence electrons. The van der Waals surface area contributed by atoms with E-state index in [0.717, 1.165) is 16.8 Å². The van der Waals surface area contributed by atoms with Crippen LogP contribution in [0.25, 0.3) is 11.0 Å². The molecule has 0 aliphatic heterocycles. The lowest BCUT2D eigenvalue weighted by atomic mass is 10.3. The van der Waals surface area contributed by atoms with Gasteiger partial charge in [0.2, 0.25) is 5.91 Å². The number of carbonyl (C=O) groups excluding carboxylic acids is 1. The van der Waals surface area contributed by atoms with Crippen molar-refractivity contribution in [3.63, 3.8) is 0 Å². The molecule has 0 spiro atoms. The number of ether oxygens (including phenoxy) is 1. The second-order valence-electron chi connectivity index (χ2n) is 4.67. The van der Waals surface area contributed by atoms with E-state index in [-0.39, 0.29) is 5.91 Å². The first-order valence-electron chi connectivity index (χ1n) is 6.75. The fraction of sp³-hybridized carbons (Fsp3) is 0.308. The number of aromatic nitrogens is 6. The van der Waals surface area contributed by atoms with Gasteiger partial charge in [0.25, 0.3) is 0 Å². The summed E-state index contributed by atoms with van der Waals surface area (Å²) in [4.78, 5) is 19.3. The molecule has 0 atom stereocenters. The van der Waals surface area contributed by atoms with Gasteiger partial charge >= 0.3 is 0 Å². The summed E-state index contributed by atoms with van der Waals surface area (Å²) in [6.07, 6.45) is 1.78. The maximum Gasteiger partial charge on any atom is 0.222 e. The SMILES string of the molecule is COc1ccc2nc(CNC(=O)CCn3cnnn3)[nH]c2c1. The average molecular weight is 301 g/mol. The van der Waals surface area contributed by atoms with Gasteiger partial charge in [0.1, 0.15) is 17.9 Å². The number of amides is 1. The van der Waals surface area contributed by atoms with E-state index in [1.165, 1.54) is 11.0 Å². The highest BCUT2D eigenvalue weighted by Crippen LogP contribution is 2.18. The number of aromatic amines is 1. The van der Waals surface area contributed by atoms with Crippen molar-refractivity contribution in [3.8, 4) is 5.75 Å². The van der Waals surface area contributed by atoms with Crippen LogP contribution in [0.3, 0.4) is 0 Å². The van der Waals surface area contributed by atoms with Gasteiger partial charge in [-0.1, -0.05) is 0 Å². The van der Waals surface area contributed by atoms with Crippen LogP contribution in [0.1, 0.15) is 12.2 Å². The number of imidazole rings is 1. The van der Waals surface area contributed by atoms with E-state index in [1.807, 2.05) is 18.2 Å². The number of tetrazole rings is 1. The Hall–Kier alpha value is -2.97. The number of hydrogen-bond donors (Lipinski definition) is 2. The van der Waals surface area contributed by atoms with E-state index in [9.17, 15) is 4.79 Å². The Morgan fingerprint density at radius 1 is 1.45 bits per heavy atom. The van der Waals surface area contributed by atoms with Crippen LogP contribution >= 0.6 is 0 Å². The minimum atomic E-state index is -0.0893. The predicted molar refractivity (Wildman–Crippen MR) is 76.9 cm³/mol. The van der Waals surface area contributed by atoms with Crippen molar-refractivity contribution in [3.05, 3.63) is 30.4 Å². The van der Waals surface area contributed by atoms with Crippen molar-refractivity contribution in [1.82, 2.24) is 35.5 Å². The molecule has 9 heteroatoms. The second-order valence-corrected chi connectivity index (χ2v) is 4.67. The monoisotopic (exact) mass is 301 g/mol. The third-order valence-electron chi connectivity index (χ3n) is 3.15. The molecule has 1 aromatic carbocycles. The number of H-pyrrole nitrogens is 1. The van der Waals surface area contributed by atoms with Crippen LogP contribution in [0.5, 0.6) is 5.75 Å². The molecule has 2 N–H and O–H groups in total. The molecule has 1 amide bonds. The molecule has 0 saturated carbocycles. The number of fused-ring (bicyclic) bond motifs is 1. The van der Waals surface area contributed by atoms with Crippen LogP contribution in [-0.2, 0) is 17.9 Å². The molecule has 0 unspecified atom stereocenters. The standard InChI is InChI=1S/C13H15N7O2/c1-22-9-2-3-10-11(6-9)17-12(16-10)7-14-13(21)4-5-20-8-15-18-19-20/h2-3,6,8H,4-5,7H2,1H3,(H,14,21)(H,16,17). The summed E-state index contributed by atoms with van der Waals surface area (Å²) < 4.78 is 6.67. The number of aryl methyl sites for hydroxylation is 1. The number of benzene rings is 1. The molecule has 9 nitrogen and oxygen atoms in total. The van der Waals surface area contributed by atoms with Crippen LogP contribution in [0.2, 0.25) is 0 Å². The van der Waals surface area contributed by atoms with E-state index < -0.39 is 0 Å². The highest BCUT2D eigenvalue weighted by Gasteiger charge is 2.07. The van der Waals surface area contributed by atoms with E-state index in [2.05, 4.69) is 30.8 Å². The third-order valence-corrected chi connectivity index (χ3v) is 3.15. The molecule has 0 bridgehead atoms. The van der Waals surface area contributed by atoms with Crippen molar-refractivity contribution in [2.45, 2.75) is 19.5 Å². The third kappa shape index (κ3) is 3.19. The number of methoxy groups -OCH3 is 1. The molecule has 0 aliphatic carbocycles. The van der Waals surface area contributed by atoms with Crippen LogP contribution in [0.4, 0.5) is 0 Å². The smallest absolute Gasteiger partial charge is 0.222 e. The summed E-state index contributed by atoms with van der Waals surface area (Å²) in [5.41, 5.74) is 1.70. The highest BCUT2D eigenvalue weighted by atomic mass is 16.5. The molecule has 3 rings (SSSR count). The van der Waals surface area contributed by atoms with Crippen LogP contribution in [0, 0.1) is 0 Å². The maximum atomic E-state index is 11.8. The van der Waals surface area contributed by atoms with E-state index in [1.54, 1.807) is 7.11 Å². The summed E-state index contributed by atoms with van der Waals surface area (Å²) in [6, 6.07) is 5.58. The van der Waals surface area contributed by atoms with Crippen LogP contribution in [0.15, 0.2) is 24.5 Å². The second kappa shape index (κ2) is 6.20. The number of rotatable bonds is 6. The van der Waals surface area contributed by atoms with Gasteiger partial charge in [0.15, 0.2) is 0 Å². The lowest BCUT2D eigenvalue weighted by Crippen LogP contribution is -2.24. The molecule has 2 heterocycles. The van der Waals surface area contributed by atoms with Gasteiger partial charge < -0.3 is 15.0 Å². The Morgan fingerprint density at radius 2 is 2.36 bits per heavy atom. The topological polar surface area (TPSA) is 111 Å². The van der Waals surface area contributed by atoms with Gasteiger partial charge in [-0.15, -0.1) is 5.10 Å². The zero-order valence-electron chi connectivity index (χ0n) is 12.0. The first-order chi connectivity index (χ1) is 10.7. The normalized spacial score (nSPS) is 10.8. The van der Waals surface area contributed by atoms with Crippen LogP contribution < -0.4 is 10.1 Å². The summed E-state index contributed by atoms with van der Waals surface area (Å²) >= 11 is 0. The van der Waals surface area contributed by atoms with Gasteiger partial charge in [0, 0.05) is 12.5 Å². The Bertz CT molecular complexity index is 766. The zero-order valence-corrected chi connectivity index (χ0v) is 12.0. The summed E-state index contributed by atoms with van der Waals surface area (Å²) in [5, 5.41) is 13.5. The first kappa shape index (κ1) is 14.0. The number of hydrogen-bond acceptors (Lipinski definition) is 6. The fourth-order valence-electron chi connectivity index (χ4n) is 2.02. The van der Waals surface area contributed by atoms with Gasteiger partial charge in [-0.25, -0.2) is 9.67 Å². The summed E-state index contributed by atoms with van der Waals surface area (Å²) in [7, 11) is 1.61. The van der Waals surface area contributed by atoms with Crippen molar-refractivity contribution in [1.29, 1.82) is 0 Å². The maximum absolute atomic E-state index is 11.8. The largest absolute Gasteiger partial charge is 0.497 e. The lowest BCUT2D eigenvalue weighted by Gasteiger charge is -2.02. The minimum Gasteiger partial charge on any atom is -0.497 e. The number of carbonyl (C=O) groups is 1. The molecule has 0 saturated heterocycles. The molecule has 3 aromatic rings. The fourth-order valence-corrected chi connectivity index (χ4v) is 2.02. The number of nitrogens with one attached hydrogen (secondary N) is 2. The molecule has 0 aliphatic rings. The van der Waals surface area contributed by atoms with Crippen molar-refractivity contribution in [2.24, 2.45) is 0 Å². The molecular formula is C13H15N7O2. The lowest BCUT2D eigenvalue weighted by molar-refractivity contribution is -0.121. The predicted octanol–water partition coefficient (Wildman–Crippen LogP) is 0.264. The quantitative estimate of drug-likeness (QED) is 0.676. The molecule has 2 aromatic heterocycles. The zero-order chi connectivity index (χ0) is 15.4. The minimum absolute atomic E-state index is 0.0893. The van der Waals surface area contributed by atoms with Crippen molar-refractivity contribution < 1.29 is 9.53 Å². The Labute approximate surface area is 125 Å². The molecule has 22 heavy (non-hydrogen) atoms.